The van der Waals surface area contributed by atoms with E-state index in [9.17, 15) is 0 Å². The van der Waals surface area contributed by atoms with E-state index < -0.39 is 0 Å². The molecule has 0 aliphatic heterocycles. The summed E-state index contributed by atoms with van der Waals surface area (Å²) in [7, 11) is 2.07. The van der Waals surface area contributed by atoms with Crippen molar-refractivity contribution in [2.24, 2.45) is 16.7 Å². The molecule has 2 aromatic rings. The number of nitrogens with zero attached hydrogens (tertiary/aromatic N) is 1. The van der Waals surface area contributed by atoms with Crippen molar-refractivity contribution in [3.05, 3.63) is 42.1 Å². The SMILES string of the molecule is CNC(c1cccc2ncccc12)C1C(C)(C)C1(C)C. The summed E-state index contributed by atoms with van der Waals surface area (Å²) in [4.78, 5) is 4.48. The molecule has 0 radical (unpaired) electrons. The zero-order valence-electron chi connectivity index (χ0n) is 13.1. The van der Waals surface area contributed by atoms with Crippen molar-refractivity contribution in [3.8, 4) is 0 Å². The van der Waals surface area contributed by atoms with Gasteiger partial charge in [-0.2, -0.15) is 0 Å². The van der Waals surface area contributed by atoms with E-state index in [1.165, 1.54) is 10.9 Å². The maximum absolute atomic E-state index is 4.48. The van der Waals surface area contributed by atoms with Crippen LogP contribution in [-0.4, -0.2) is 12.0 Å². The first-order valence-corrected chi connectivity index (χ1v) is 7.42. The summed E-state index contributed by atoms with van der Waals surface area (Å²) in [5, 5.41) is 4.83. The highest BCUT2D eigenvalue weighted by atomic mass is 14.9. The van der Waals surface area contributed by atoms with Crippen LogP contribution in [0.15, 0.2) is 36.5 Å². The molecule has 1 aromatic heterocycles. The smallest absolute Gasteiger partial charge is 0.0705 e. The Bertz CT molecular complexity index is 623. The minimum atomic E-state index is 0.366. The van der Waals surface area contributed by atoms with Gasteiger partial charge in [-0.3, -0.25) is 4.98 Å². The number of hydrogen-bond acceptors (Lipinski definition) is 2. The number of rotatable bonds is 3. The lowest BCUT2D eigenvalue weighted by atomic mass is 9.93. The number of fused-ring (bicyclic) bond motifs is 1. The Balaban J connectivity index is 2.10. The second kappa shape index (κ2) is 4.29. The molecule has 1 aliphatic rings. The third kappa shape index (κ3) is 1.71. The predicted octanol–water partition coefficient (Wildman–Crippen LogP) is 4.18. The van der Waals surface area contributed by atoms with Crippen LogP contribution < -0.4 is 5.32 Å². The van der Waals surface area contributed by atoms with Gasteiger partial charge in [0, 0.05) is 17.6 Å². The maximum atomic E-state index is 4.48. The van der Waals surface area contributed by atoms with E-state index in [4.69, 9.17) is 0 Å². The first-order chi connectivity index (χ1) is 9.41. The first kappa shape index (κ1) is 13.6. The van der Waals surface area contributed by atoms with E-state index >= 15 is 0 Å². The van der Waals surface area contributed by atoms with Gasteiger partial charge in [0.15, 0.2) is 0 Å². The van der Waals surface area contributed by atoms with Gasteiger partial charge in [0.2, 0.25) is 0 Å². The van der Waals surface area contributed by atoms with Crippen molar-refractivity contribution in [3.63, 3.8) is 0 Å². The molecule has 1 unspecified atom stereocenters. The van der Waals surface area contributed by atoms with Gasteiger partial charge in [-0.05, 0) is 41.5 Å². The van der Waals surface area contributed by atoms with E-state index in [0.717, 1.165) is 5.52 Å². The Kier molecular flexibility index (Phi) is 2.91. The van der Waals surface area contributed by atoms with Crippen LogP contribution in [-0.2, 0) is 0 Å². The minimum absolute atomic E-state index is 0.366. The quantitative estimate of drug-likeness (QED) is 0.903. The molecule has 0 amide bonds. The maximum Gasteiger partial charge on any atom is 0.0705 e. The lowest BCUT2D eigenvalue weighted by molar-refractivity contribution is 0.440. The van der Waals surface area contributed by atoms with Crippen LogP contribution in [0.4, 0.5) is 0 Å². The van der Waals surface area contributed by atoms with Crippen LogP contribution >= 0.6 is 0 Å². The van der Waals surface area contributed by atoms with Crippen LogP contribution in [0.5, 0.6) is 0 Å². The van der Waals surface area contributed by atoms with Crippen molar-refractivity contribution in [2.45, 2.75) is 33.7 Å². The molecule has 1 aliphatic carbocycles. The summed E-state index contributed by atoms with van der Waals surface area (Å²) in [6, 6.07) is 11.1. The second-order valence-electron chi connectivity index (χ2n) is 7.10. The topological polar surface area (TPSA) is 24.9 Å². The molecule has 1 fully saturated rings. The molecule has 1 N–H and O–H groups in total. The van der Waals surface area contributed by atoms with Gasteiger partial charge in [0.1, 0.15) is 0 Å². The summed E-state index contributed by atoms with van der Waals surface area (Å²) in [6.45, 7) is 9.52. The zero-order valence-corrected chi connectivity index (χ0v) is 13.1. The van der Waals surface area contributed by atoms with Crippen LogP contribution in [0.2, 0.25) is 0 Å². The van der Waals surface area contributed by atoms with E-state index in [2.05, 4.69) is 69.3 Å². The third-order valence-electron chi connectivity index (χ3n) is 5.79. The molecule has 2 heteroatoms. The van der Waals surface area contributed by atoms with Crippen LogP contribution in [0, 0.1) is 16.7 Å². The van der Waals surface area contributed by atoms with Gasteiger partial charge < -0.3 is 5.32 Å². The highest BCUT2D eigenvalue weighted by molar-refractivity contribution is 5.82. The molecule has 3 rings (SSSR count). The Morgan fingerprint density at radius 1 is 1.05 bits per heavy atom. The molecule has 1 atom stereocenters. The fourth-order valence-electron chi connectivity index (χ4n) is 3.98. The molecule has 0 bridgehead atoms. The van der Waals surface area contributed by atoms with Crippen LogP contribution in [0.25, 0.3) is 10.9 Å². The van der Waals surface area contributed by atoms with Crippen molar-refractivity contribution in [1.82, 2.24) is 10.3 Å². The summed E-state index contributed by atoms with van der Waals surface area (Å²) in [5.74, 6) is 0.644. The molecule has 0 saturated heterocycles. The highest BCUT2D eigenvalue weighted by Crippen LogP contribution is 2.72. The number of pyridine rings is 1. The monoisotopic (exact) mass is 268 g/mol. The molecule has 20 heavy (non-hydrogen) atoms. The van der Waals surface area contributed by atoms with Crippen LogP contribution in [0.3, 0.4) is 0 Å². The highest BCUT2D eigenvalue weighted by Gasteiger charge is 2.67. The average molecular weight is 268 g/mol. The molecule has 0 spiro atoms. The Morgan fingerprint density at radius 2 is 1.75 bits per heavy atom. The third-order valence-corrected chi connectivity index (χ3v) is 5.79. The molecule has 106 valence electrons. The fraction of sp³-hybridized carbons (Fsp3) is 0.500. The van der Waals surface area contributed by atoms with Crippen LogP contribution in [0.1, 0.15) is 39.3 Å². The normalized spacial score (nSPS) is 21.9. The number of nitrogens with one attached hydrogen (secondary N) is 1. The van der Waals surface area contributed by atoms with Crippen molar-refractivity contribution >= 4 is 10.9 Å². The standard InChI is InChI=1S/C18H24N2/c1-17(2)16(18(17,3)4)15(19-5)13-8-6-10-14-12(13)9-7-11-20-14/h6-11,15-16,19H,1-5H3. The number of benzene rings is 1. The van der Waals surface area contributed by atoms with Gasteiger partial charge in [-0.1, -0.05) is 45.9 Å². The van der Waals surface area contributed by atoms with Gasteiger partial charge >= 0.3 is 0 Å². The molecular formula is C18H24N2. The Morgan fingerprint density at radius 3 is 2.35 bits per heavy atom. The lowest BCUT2D eigenvalue weighted by Crippen LogP contribution is -2.21. The van der Waals surface area contributed by atoms with E-state index in [1.807, 2.05) is 12.3 Å². The van der Waals surface area contributed by atoms with Gasteiger partial charge in [-0.25, -0.2) is 0 Å². The zero-order chi connectivity index (χ0) is 14.5. The second-order valence-corrected chi connectivity index (χ2v) is 7.10. The van der Waals surface area contributed by atoms with E-state index in [0.29, 0.717) is 22.8 Å². The van der Waals surface area contributed by atoms with Crippen molar-refractivity contribution < 1.29 is 0 Å². The molecule has 1 aromatic carbocycles. The first-order valence-electron chi connectivity index (χ1n) is 7.42. The largest absolute Gasteiger partial charge is 0.313 e. The summed E-state index contributed by atoms with van der Waals surface area (Å²) in [6.07, 6.45) is 1.87. The summed E-state index contributed by atoms with van der Waals surface area (Å²) < 4.78 is 0. The number of aromatic nitrogens is 1. The Labute approximate surface area is 121 Å². The Hall–Kier alpha value is -1.41. The summed E-state index contributed by atoms with van der Waals surface area (Å²) in [5.41, 5.74) is 3.19. The lowest BCUT2D eigenvalue weighted by Gasteiger charge is -2.21. The molecule has 1 saturated carbocycles. The van der Waals surface area contributed by atoms with E-state index in [-0.39, 0.29) is 0 Å². The molecule has 1 heterocycles. The molecular weight excluding hydrogens is 244 g/mol. The van der Waals surface area contributed by atoms with Gasteiger partial charge in [0.25, 0.3) is 0 Å². The van der Waals surface area contributed by atoms with E-state index in [1.54, 1.807) is 0 Å². The van der Waals surface area contributed by atoms with Gasteiger partial charge in [-0.15, -0.1) is 0 Å². The van der Waals surface area contributed by atoms with Crippen molar-refractivity contribution in [2.75, 3.05) is 7.05 Å². The summed E-state index contributed by atoms with van der Waals surface area (Å²) >= 11 is 0. The minimum Gasteiger partial charge on any atom is -0.313 e. The number of hydrogen-bond donors (Lipinski definition) is 1. The van der Waals surface area contributed by atoms with Crippen molar-refractivity contribution in [1.29, 1.82) is 0 Å². The fourth-order valence-corrected chi connectivity index (χ4v) is 3.98. The van der Waals surface area contributed by atoms with Gasteiger partial charge in [0.05, 0.1) is 5.52 Å². The molecule has 2 nitrogen and oxygen atoms in total. The predicted molar refractivity (Wildman–Crippen MR) is 84.6 cm³/mol. The average Bonchev–Trinajstić information content (AvgIpc) is 2.83.